The monoisotopic (exact) mass is 251 g/mol. The van der Waals surface area contributed by atoms with Crippen LogP contribution in [-0.2, 0) is 0 Å². The standard InChI is InChI=1S/C10H13N5O3/c11-8(16)7-1-2-12-9(13-7)14-3-5-15(6-4-14)10(17)18/h1-2H,3-6H2,(H2,11,16)(H,17,18). The molecule has 1 fully saturated rings. The highest BCUT2D eigenvalue weighted by molar-refractivity contribution is 5.90. The summed E-state index contributed by atoms with van der Waals surface area (Å²) in [4.78, 5) is 33.0. The predicted molar refractivity (Wildman–Crippen MR) is 62.4 cm³/mol. The zero-order valence-electron chi connectivity index (χ0n) is 9.61. The van der Waals surface area contributed by atoms with Crippen LogP contribution in [-0.4, -0.2) is 58.2 Å². The van der Waals surface area contributed by atoms with Crippen molar-refractivity contribution < 1.29 is 14.7 Å². The summed E-state index contributed by atoms with van der Waals surface area (Å²) in [6.07, 6.45) is 0.535. The molecule has 0 atom stereocenters. The molecule has 1 saturated heterocycles. The van der Waals surface area contributed by atoms with E-state index in [2.05, 4.69) is 9.97 Å². The predicted octanol–water partition coefficient (Wildman–Crippen LogP) is -0.625. The first-order chi connectivity index (χ1) is 8.58. The topological polar surface area (TPSA) is 113 Å². The number of primary amides is 1. The highest BCUT2D eigenvalue weighted by Crippen LogP contribution is 2.11. The minimum absolute atomic E-state index is 0.153. The molecule has 0 aromatic carbocycles. The quantitative estimate of drug-likeness (QED) is 0.724. The van der Waals surface area contributed by atoms with Gasteiger partial charge < -0.3 is 20.6 Å². The fourth-order valence-electron chi connectivity index (χ4n) is 1.74. The first-order valence-electron chi connectivity index (χ1n) is 5.43. The molecule has 0 aliphatic carbocycles. The lowest BCUT2D eigenvalue weighted by molar-refractivity contribution is 0.0995. The van der Waals surface area contributed by atoms with Gasteiger partial charge in [0.25, 0.3) is 5.91 Å². The van der Waals surface area contributed by atoms with Crippen LogP contribution < -0.4 is 10.6 Å². The summed E-state index contributed by atoms with van der Waals surface area (Å²) in [5.41, 5.74) is 5.29. The minimum atomic E-state index is -0.929. The lowest BCUT2D eigenvalue weighted by Gasteiger charge is -2.33. The zero-order chi connectivity index (χ0) is 13.1. The van der Waals surface area contributed by atoms with Crippen LogP contribution in [0.3, 0.4) is 0 Å². The van der Waals surface area contributed by atoms with Crippen LogP contribution in [0, 0.1) is 0 Å². The Morgan fingerprint density at radius 1 is 1.28 bits per heavy atom. The number of amides is 2. The fraction of sp³-hybridized carbons (Fsp3) is 0.400. The maximum absolute atomic E-state index is 11.0. The SMILES string of the molecule is NC(=O)c1ccnc(N2CCN(C(=O)O)CC2)n1. The molecule has 2 rings (SSSR count). The first-order valence-corrected chi connectivity index (χ1v) is 5.43. The van der Waals surface area contributed by atoms with Crippen molar-refractivity contribution in [2.75, 3.05) is 31.1 Å². The molecule has 96 valence electrons. The van der Waals surface area contributed by atoms with Gasteiger partial charge in [-0.1, -0.05) is 0 Å². The second kappa shape index (κ2) is 4.86. The molecular weight excluding hydrogens is 238 g/mol. The number of carboxylic acid groups (broad SMARTS) is 1. The molecule has 1 aromatic rings. The number of carbonyl (C=O) groups excluding carboxylic acids is 1. The minimum Gasteiger partial charge on any atom is -0.465 e. The molecule has 8 nitrogen and oxygen atoms in total. The number of aromatic nitrogens is 2. The second-order valence-electron chi connectivity index (χ2n) is 3.86. The molecule has 1 aliphatic heterocycles. The molecule has 0 spiro atoms. The van der Waals surface area contributed by atoms with E-state index in [1.54, 1.807) is 0 Å². The van der Waals surface area contributed by atoms with Crippen LogP contribution >= 0.6 is 0 Å². The Hall–Kier alpha value is -2.38. The third-order valence-corrected chi connectivity index (χ3v) is 2.73. The van der Waals surface area contributed by atoms with Gasteiger partial charge in [0.1, 0.15) is 5.69 Å². The van der Waals surface area contributed by atoms with Crippen molar-refractivity contribution in [1.29, 1.82) is 0 Å². The van der Waals surface area contributed by atoms with E-state index in [0.717, 1.165) is 0 Å². The number of hydrogen-bond donors (Lipinski definition) is 2. The summed E-state index contributed by atoms with van der Waals surface area (Å²) in [6.45, 7) is 1.77. The van der Waals surface area contributed by atoms with Gasteiger partial charge in [-0.15, -0.1) is 0 Å². The molecule has 8 heteroatoms. The highest BCUT2D eigenvalue weighted by atomic mass is 16.4. The normalized spacial score (nSPS) is 15.6. The molecule has 0 radical (unpaired) electrons. The van der Waals surface area contributed by atoms with Crippen LogP contribution in [0.4, 0.5) is 10.7 Å². The number of carbonyl (C=O) groups is 2. The van der Waals surface area contributed by atoms with Gasteiger partial charge in [0, 0.05) is 32.4 Å². The lowest BCUT2D eigenvalue weighted by atomic mass is 10.3. The summed E-state index contributed by atoms with van der Waals surface area (Å²) >= 11 is 0. The summed E-state index contributed by atoms with van der Waals surface area (Å²) < 4.78 is 0. The number of anilines is 1. The van der Waals surface area contributed by atoms with Crippen molar-refractivity contribution in [2.45, 2.75) is 0 Å². The van der Waals surface area contributed by atoms with E-state index in [-0.39, 0.29) is 5.69 Å². The average molecular weight is 251 g/mol. The van der Waals surface area contributed by atoms with Gasteiger partial charge in [0.05, 0.1) is 0 Å². The van der Waals surface area contributed by atoms with E-state index >= 15 is 0 Å². The van der Waals surface area contributed by atoms with Gasteiger partial charge in [-0.25, -0.2) is 14.8 Å². The van der Waals surface area contributed by atoms with E-state index < -0.39 is 12.0 Å². The summed E-state index contributed by atoms with van der Waals surface area (Å²) in [7, 11) is 0. The van der Waals surface area contributed by atoms with Crippen LogP contribution in [0.5, 0.6) is 0 Å². The van der Waals surface area contributed by atoms with E-state index in [9.17, 15) is 9.59 Å². The number of rotatable bonds is 2. The zero-order valence-corrected chi connectivity index (χ0v) is 9.61. The Bertz CT molecular complexity index is 470. The second-order valence-corrected chi connectivity index (χ2v) is 3.86. The third-order valence-electron chi connectivity index (χ3n) is 2.73. The molecular formula is C10H13N5O3. The number of piperazine rings is 1. The summed E-state index contributed by atoms with van der Waals surface area (Å²) in [5, 5.41) is 8.83. The van der Waals surface area contributed by atoms with Gasteiger partial charge >= 0.3 is 6.09 Å². The Balaban J connectivity index is 2.07. The van der Waals surface area contributed by atoms with Gasteiger partial charge in [0.15, 0.2) is 0 Å². The first kappa shape index (κ1) is 12.1. The lowest BCUT2D eigenvalue weighted by Crippen LogP contribution is -2.48. The molecule has 3 N–H and O–H groups in total. The van der Waals surface area contributed by atoms with Crippen molar-refractivity contribution in [3.8, 4) is 0 Å². The number of hydrogen-bond acceptors (Lipinski definition) is 5. The average Bonchev–Trinajstić information content (AvgIpc) is 2.39. The van der Waals surface area contributed by atoms with Crippen LogP contribution in [0.25, 0.3) is 0 Å². The summed E-state index contributed by atoms with van der Waals surface area (Å²) in [6, 6.07) is 1.44. The maximum Gasteiger partial charge on any atom is 0.407 e. The van der Waals surface area contributed by atoms with Gasteiger partial charge in [-0.3, -0.25) is 4.79 Å². The van der Waals surface area contributed by atoms with E-state index in [4.69, 9.17) is 10.8 Å². The molecule has 0 unspecified atom stereocenters. The van der Waals surface area contributed by atoms with Crippen LogP contribution in [0.15, 0.2) is 12.3 Å². The molecule has 2 heterocycles. The molecule has 1 aromatic heterocycles. The van der Waals surface area contributed by atoms with Crippen molar-refractivity contribution in [2.24, 2.45) is 5.73 Å². The third kappa shape index (κ3) is 2.47. The van der Waals surface area contributed by atoms with Gasteiger partial charge in [0.2, 0.25) is 5.95 Å². The van der Waals surface area contributed by atoms with Crippen molar-refractivity contribution in [3.63, 3.8) is 0 Å². The van der Waals surface area contributed by atoms with Crippen molar-refractivity contribution in [1.82, 2.24) is 14.9 Å². The molecule has 18 heavy (non-hydrogen) atoms. The Labute approximate surface area is 103 Å². The molecule has 1 aliphatic rings. The van der Waals surface area contributed by atoms with Crippen LogP contribution in [0.1, 0.15) is 10.5 Å². The van der Waals surface area contributed by atoms with E-state index in [1.165, 1.54) is 17.2 Å². The largest absolute Gasteiger partial charge is 0.465 e. The van der Waals surface area contributed by atoms with Crippen LogP contribution in [0.2, 0.25) is 0 Å². The fourth-order valence-corrected chi connectivity index (χ4v) is 1.74. The molecule has 2 amide bonds. The summed E-state index contributed by atoms with van der Waals surface area (Å²) in [5.74, 6) is -0.209. The van der Waals surface area contributed by atoms with Gasteiger partial charge in [-0.05, 0) is 6.07 Å². The van der Waals surface area contributed by atoms with E-state index in [1.807, 2.05) is 4.90 Å². The smallest absolute Gasteiger partial charge is 0.407 e. The van der Waals surface area contributed by atoms with Crippen molar-refractivity contribution >= 4 is 17.9 Å². The van der Waals surface area contributed by atoms with Crippen molar-refractivity contribution in [3.05, 3.63) is 18.0 Å². The molecule has 0 saturated carbocycles. The maximum atomic E-state index is 11.0. The number of nitrogens with two attached hydrogens (primary N) is 1. The van der Waals surface area contributed by atoms with Gasteiger partial charge in [-0.2, -0.15) is 0 Å². The molecule has 0 bridgehead atoms. The highest BCUT2D eigenvalue weighted by Gasteiger charge is 2.22. The number of nitrogens with zero attached hydrogens (tertiary/aromatic N) is 4. The Kier molecular flexibility index (Phi) is 3.26. The Morgan fingerprint density at radius 2 is 1.94 bits per heavy atom. The Morgan fingerprint density at radius 3 is 2.50 bits per heavy atom. The van der Waals surface area contributed by atoms with E-state index in [0.29, 0.717) is 32.1 Å².